The van der Waals surface area contributed by atoms with E-state index in [0.717, 1.165) is 15.7 Å². The molecule has 4 nitrogen and oxygen atoms in total. The molecule has 2 rings (SSSR count). The van der Waals surface area contributed by atoms with Crippen molar-refractivity contribution >= 4 is 39.5 Å². The highest BCUT2D eigenvalue weighted by molar-refractivity contribution is 7.11. The molecule has 17 heavy (non-hydrogen) atoms. The molecule has 2 aromatic rings. The Balaban J connectivity index is 2.20. The third-order valence-corrected chi connectivity index (χ3v) is 4.32. The van der Waals surface area contributed by atoms with Crippen LogP contribution >= 0.6 is 34.5 Å². The summed E-state index contributed by atoms with van der Waals surface area (Å²) in [5, 5.41) is 13.1. The van der Waals surface area contributed by atoms with Crippen molar-refractivity contribution in [2.45, 2.75) is 13.5 Å². The number of halogens is 1. The maximum absolute atomic E-state index is 9.00. The zero-order valence-electron chi connectivity index (χ0n) is 9.27. The van der Waals surface area contributed by atoms with E-state index in [4.69, 9.17) is 16.9 Å². The first kappa shape index (κ1) is 12.3. The molecule has 7 heteroatoms. The van der Waals surface area contributed by atoms with Crippen molar-refractivity contribution in [3.63, 3.8) is 0 Å². The highest BCUT2D eigenvalue weighted by Gasteiger charge is 2.16. The summed E-state index contributed by atoms with van der Waals surface area (Å²) in [6.45, 7) is 2.62. The maximum atomic E-state index is 9.00. The molecule has 2 aromatic heterocycles. The topological polar surface area (TPSA) is 52.8 Å². The number of thiazole rings is 1. The SMILES string of the molecule is Cc1nc(CN(C)c2snc(Cl)c2C#N)cs1. The lowest BCUT2D eigenvalue weighted by atomic mass is 10.3. The van der Waals surface area contributed by atoms with E-state index >= 15 is 0 Å². The summed E-state index contributed by atoms with van der Waals surface area (Å²) in [5.41, 5.74) is 1.43. The minimum Gasteiger partial charge on any atom is -0.358 e. The molecule has 2 heterocycles. The van der Waals surface area contributed by atoms with Crippen LogP contribution in [0, 0.1) is 18.3 Å². The summed E-state index contributed by atoms with van der Waals surface area (Å²) < 4.78 is 3.98. The van der Waals surface area contributed by atoms with Gasteiger partial charge < -0.3 is 4.90 Å². The van der Waals surface area contributed by atoms with E-state index in [-0.39, 0.29) is 5.15 Å². The Labute approximate surface area is 112 Å². The van der Waals surface area contributed by atoms with Crippen LogP contribution in [0.3, 0.4) is 0 Å². The predicted octanol–water partition coefficient (Wildman–Crippen LogP) is 3.07. The molecule has 0 aliphatic carbocycles. The Hall–Kier alpha value is -1.16. The van der Waals surface area contributed by atoms with Crippen molar-refractivity contribution < 1.29 is 0 Å². The van der Waals surface area contributed by atoms with Crippen molar-refractivity contribution in [1.82, 2.24) is 9.36 Å². The van der Waals surface area contributed by atoms with E-state index in [2.05, 4.69) is 15.4 Å². The Morgan fingerprint density at radius 1 is 1.59 bits per heavy atom. The molecule has 0 saturated heterocycles. The van der Waals surface area contributed by atoms with Crippen LogP contribution in [0.15, 0.2) is 5.38 Å². The fourth-order valence-electron chi connectivity index (χ4n) is 1.41. The van der Waals surface area contributed by atoms with Gasteiger partial charge in [0.2, 0.25) is 0 Å². The van der Waals surface area contributed by atoms with Gasteiger partial charge in [0.25, 0.3) is 0 Å². The first-order valence-electron chi connectivity index (χ1n) is 4.79. The number of aromatic nitrogens is 2. The molecular formula is C10H9ClN4S2. The summed E-state index contributed by atoms with van der Waals surface area (Å²) in [6, 6.07) is 2.07. The predicted molar refractivity (Wildman–Crippen MR) is 70.8 cm³/mol. The largest absolute Gasteiger partial charge is 0.358 e. The second kappa shape index (κ2) is 5.00. The maximum Gasteiger partial charge on any atom is 0.162 e. The fourth-order valence-corrected chi connectivity index (χ4v) is 3.00. The van der Waals surface area contributed by atoms with Crippen LogP contribution in [0.25, 0.3) is 0 Å². The Kier molecular flexibility index (Phi) is 3.62. The van der Waals surface area contributed by atoms with Gasteiger partial charge in [-0.3, -0.25) is 0 Å². The van der Waals surface area contributed by atoms with E-state index < -0.39 is 0 Å². The van der Waals surface area contributed by atoms with E-state index in [1.165, 1.54) is 11.5 Å². The van der Waals surface area contributed by atoms with Crippen molar-refractivity contribution in [2.24, 2.45) is 0 Å². The molecule has 0 fully saturated rings. The zero-order chi connectivity index (χ0) is 12.4. The summed E-state index contributed by atoms with van der Waals surface area (Å²) in [7, 11) is 1.90. The molecule has 0 aromatic carbocycles. The molecule has 0 aliphatic heterocycles. The lowest BCUT2D eigenvalue weighted by Gasteiger charge is -2.15. The zero-order valence-corrected chi connectivity index (χ0v) is 11.7. The number of anilines is 1. The van der Waals surface area contributed by atoms with Crippen LogP contribution in [-0.2, 0) is 6.54 Å². The Morgan fingerprint density at radius 3 is 2.94 bits per heavy atom. The summed E-state index contributed by atoms with van der Waals surface area (Å²) in [6.07, 6.45) is 0. The number of nitrogens with zero attached hydrogens (tertiary/aromatic N) is 4. The Morgan fingerprint density at radius 2 is 2.35 bits per heavy atom. The van der Waals surface area contributed by atoms with Crippen LogP contribution in [0.5, 0.6) is 0 Å². The number of hydrogen-bond donors (Lipinski definition) is 0. The van der Waals surface area contributed by atoms with Crippen LogP contribution in [0.2, 0.25) is 5.15 Å². The monoisotopic (exact) mass is 284 g/mol. The summed E-state index contributed by atoms with van der Waals surface area (Å²) in [5.74, 6) is 0. The molecule has 0 N–H and O–H groups in total. The number of rotatable bonds is 3. The second-order valence-electron chi connectivity index (χ2n) is 3.48. The van der Waals surface area contributed by atoms with Gasteiger partial charge in [0.1, 0.15) is 16.6 Å². The highest BCUT2D eigenvalue weighted by atomic mass is 35.5. The molecule has 0 saturated carbocycles. The van der Waals surface area contributed by atoms with Gasteiger partial charge in [0, 0.05) is 12.4 Å². The molecule has 88 valence electrons. The lowest BCUT2D eigenvalue weighted by Crippen LogP contribution is -2.16. The fraction of sp³-hybridized carbons (Fsp3) is 0.300. The summed E-state index contributed by atoms with van der Waals surface area (Å²) in [4.78, 5) is 6.32. The number of nitriles is 1. The van der Waals surface area contributed by atoms with Crippen molar-refractivity contribution in [3.8, 4) is 6.07 Å². The molecule has 0 amide bonds. The minimum atomic E-state index is 0.272. The standard InChI is InChI=1S/C10H9ClN4S2/c1-6-13-7(5-16-6)4-15(2)10-8(3-12)9(11)14-17-10/h5H,4H2,1-2H3. The highest BCUT2D eigenvalue weighted by Crippen LogP contribution is 2.31. The molecule has 0 spiro atoms. The quantitative estimate of drug-likeness (QED) is 0.869. The van der Waals surface area contributed by atoms with Gasteiger partial charge in [-0.05, 0) is 18.5 Å². The van der Waals surface area contributed by atoms with Crippen LogP contribution in [-0.4, -0.2) is 16.4 Å². The van der Waals surface area contributed by atoms with Gasteiger partial charge in [-0.15, -0.1) is 11.3 Å². The van der Waals surface area contributed by atoms with E-state index in [0.29, 0.717) is 12.1 Å². The normalized spacial score (nSPS) is 10.2. The van der Waals surface area contributed by atoms with Crippen molar-refractivity contribution in [2.75, 3.05) is 11.9 Å². The first-order valence-corrected chi connectivity index (χ1v) is 6.82. The van der Waals surface area contributed by atoms with Gasteiger partial charge in [0.05, 0.1) is 17.2 Å². The Bertz CT molecular complexity index is 569. The molecule has 0 bridgehead atoms. The average Bonchev–Trinajstić information content (AvgIpc) is 2.84. The molecule has 0 radical (unpaired) electrons. The smallest absolute Gasteiger partial charge is 0.162 e. The average molecular weight is 285 g/mol. The van der Waals surface area contributed by atoms with Crippen LogP contribution in [0.1, 0.15) is 16.3 Å². The summed E-state index contributed by atoms with van der Waals surface area (Å²) >= 11 is 8.68. The van der Waals surface area contributed by atoms with Crippen LogP contribution in [0.4, 0.5) is 5.00 Å². The number of hydrogen-bond acceptors (Lipinski definition) is 6. The number of aryl methyl sites for hydroxylation is 1. The van der Waals surface area contributed by atoms with Gasteiger partial charge in [-0.25, -0.2) is 4.98 Å². The third-order valence-electron chi connectivity index (χ3n) is 2.16. The van der Waals surface area contributed by atoms with Crippen molar-refractivity contribution in [3.05, 3.63) is 26.8 Å². The van der Waals surface area contributed by atoms with Gasteiger partial charge in [-0.1, -0.05) is 11.6 Å². The van der Waals surface area contributed by atoms with Gasteiger partial charge >= 0.3 is 0 Å². The second-order valence-corrected chi connectivity index (χ2v) is 5.65. The van der Waals surface area contributed by atoms with Gasteiger partial charge in [0.15, 0.2) is 5.15 Å². The third kappa shape index (κ3) is 2.57. The van der Waals surface area contributed by atoms with Gasteiger partial charge in [-0.2, -0.15) is 9.64 Å². The lowest BCUT2D eigenvalue weighted by molar-refractivity contribution is 0.898. The molecule has 0 unspecified atom stereocenters. The molecule has 0 aliphatic rings. The first-order chi connectivity index (χ1) is 8.11. The van der Waals surface area contributed by atoms with Crippen molar-refractivity contribution in [1.29, 1.82) is 5.26 Å². The minimum absolute atomic E-state index is 0.272. The van der Waals surface area contributed by atoms with E-state index in [9.17, 15) is 0 Å². The van der Waals surface area contributed by atoms with Crippen LogP contribution < -0.4 is 4.90 Å². The van der Waals surface area contributed by atoms with E-state index in [1.807, 2.05) is 24.3 Å². The van der Waals surface area contributed by atoms with E-state index in [1.54, 1.807) is 11.3 Å². The molecule has 0 atom stereocenters. The molecular weight excluding hydrogens is 276 g/mol.